The first kappa shape index (κ1) is 17.2. The standard InChI is InChI=1S/C15H24N4O2.ClH/c1-10(2)15-17-14(18-21-15)12-6-4-8-19(12)13(20)9-11-5-3-7-16-11;/h10-12,16H,3-9H2,1-2H3;1H. The maximum atomic E-state index is 12.5. The average Bonchev–Trinajstić information content (AvgIpc) is 3.19. The summed E-state index contributed by atoms with van der Waals surface area (Å²) in [6.45, 7) is 5.90. The van der Waals surface area contributed by atoms with Crippen LogP contribution in [-0.2, 0) is 4.79 Å². The van der Waals surface area contributed by atoms with Gasteiger partial charge in [0, 0.05) is 24.9 Å². The van der Waals surface area contributed by atoms with Gasteiger partial charge in [0.05, 0.1) is 6.04 Å². The maximum Gasteiger partial charge on any atom is 0.229 e. The molecule has 3 heterocycles. The zero-order valence-electron chi connectivity index (χ0n) is 13.2. The van der Waals surface area contributed by atoms with Crippen LogP contribution in [0.3, 0.4) is 0 Å². The zero-order chi connectivity index (χ0) is 14.8. The summed E-state index contributed by atoms with van der Waals surface area (Å²) >= 11 is 0. The van der Waals surface area contributed by atoms with Crippen molar-refractivity contribution >= 4 is 18.3 Å². The number of halogens is 1. The van der Waals surface area contributed by atoms with Gasteiger partial charge in [0.15, 0.2) is 5.82 Å². The van der Waals surface area contributed by atoms with Crippen LogP contribution in [0.4, 0.5) is 0 Å². The lowest BCUT2D eigenvalue weighted by Crippen LogP contribution is -2.35. The van der Waals surface area contributed by atoms with Crippen LogP contribution in [-0.4, -0.2) is 40.1 Å². The van der Waals surface area contributed by atoms with Crippen molar-refractivity contribution in [2.45, 2.75) is 64.0 Å². The maximum absolute atomic E-state index is 12.5. The van der Waals surface area contributed by atoms with Gasteiger partial charge in [-0.1, -0.05) is 19.0 Å². The van der Waals surface area contributed by atoms with Crippen LogP contribution in [0, 0.1) is 0 Å². The number of rotatable bonds is 4. The molecule has 0 aromatic carbocycles. The fourth-order valence-electron chi connectivity index (χ4n) is 3.21. The number of carbonyl (C=O) groups is 1. The van der Waals surface area contributed by atoms with Gasteiger partial charge in [-0.05, 0) is 32.2 Å². The summed E-state index contributed by atoms with van der Waals surface area (Å²) in [5.41, 5.74) is 0. The molecule has 2 aliphatic rings. The highest BCUT2D eigenvalue weighted by molar-refractivity contribution is 5.85. The summed E-state index contributed by atoms with van der Waals surface area (Å²) in [7, 11) is 0. The fourth-order valence-corrected chi connectivity index (χ4v) is 3.21. The van der Waals surface area contributed by atoms with Crippen LogP contribution in [0.1, 0.15) is 69.6 Å². The molecule has 0 aliphatic carbocycles. The second-order valence-corrected chi connectivity index (χ2v) is 6.39. The smallest absolute Gasteiger partial charge is 0.229 e. The van der Waals surface area contributed by atoms with Gasteiger partial charge in [-0.15, -0.1) is 12.4 Å². The number of nitrogens with one attached hydrogen (secondary N) is 1. The molecule has 124 valence electrons. The number of carbonyl (C=O) groups excluding carboxylic acids is 1. The van der Waals surface area contributed by atoms with E-state index in [0.29, 0.717) is 24.2 Å². The second kappa shape index (κ2) is 7.42. The zero-order valence-corrected chi connectivity index (χ0v) is 14.1. The van der Waals surface area contributed by atoms with E-state index in [9.17, 15) is 4.79 Å². The first-order valence-corrected chi connectivity index (χ1v) is 8.01. The van der Waals surface area contributed by atoms with E-state index in [1.54, 1.807) is 0 Å². The monoisotopic (exact) mass is 328 g/mol. The fraction of sp³-hybridized carbons (Fsp3) is 0.800. The number of likely N-dealkylation sites (tertiary alicyclic amines) is 1. The van der Waals surface area contributed by atoms with Crippen molar-refractivity contribution in [2.24, 2.45) is 0 Å². The molecule has 1 N–H and O–H groups in total. The van der Waals surface area contributed by atoms with Crippen molar-refractivity contribution < 1.29 is 9.32 Å². The van der Waals surface area contributed by atoms with E-state index in [1.165, 1.54) is 6.42 Å². The summed E-state index contributed by atoms with van der Waals surface area (Å²) in [6.07, 6.45) is 4.81. The van der Waals surface area contributed by atoms with Crippen LogP contribution >= 0.6 is 12.4 Å². The van der Waals surface area contributed by atoms with Crippen LogP contribution in [0.5, 0.6) is 0 Å². The Morgan fingerprint density at radius 3 is 2.86 bits per heavy atom. The highest BCUT2D eigenvalue weighted by atomic mass is 35.5. The number of hydrogen-bond donors (Lipinski definition) is 1. The van der Waals surface area contributed by atoms with Crippen LogP contribution in [0.25, 0.3) is 0 Å². The molecule has 2 unspecified atom stereocenters. The van der Waals surface area contributed by atoms with Gasteiger partial charge in [0.1, 0.15) is 0 Å². The molecule has 0 radical (unpaired) electrons. The quantitative estimate of drug-likeness (QED) is 0.919. The molecular formula is C15H25ClN4O2. The Bertz CT molecular complexity index is 499. The molecule has 2 atom stereocenters. The lowest BCUT2D eigenvalue weighted by molar-refractivity contribution is -0.132. The number of aromatic nitrogens is 2. The molecule has 6 nitrogen and oxygen atoms in total. The minimum atomic E-state index is -0.00449. The van der Waals surface area contributed by atoms with Gasteiger partial charge in [-0.25, -0.2) is 0 Å². The predicted octanol–water partition coefficient (Wildman–Crippen LogP) is 2.42. The topological polar surface area (TPSA) is 71.3 Å². The van der Waals surface area contributed by atoms with E-state index >= 15 is 0 Å². The van der Waals surface area contributed by atoms with Crippen LogP contribution in [0.15, 0.2) is 4.52 Å². The van der Waals surface area contributed by atoms with Crippen molar-refractivity contribution in [3.8, 4) is 0 Å². The van der Waals surface area contributed by atoms with Crippen molar-refractivity contribution in [3.63, 3.8) is 0 Å². The van der Waals surface area contributed by atoms with Crippen molar-refractivity contribution in [1.82, 2.24) is 20.4 Å². The number of hydrogen-bond acceptors (Lipinski definition) is 5. The van der Waals surface area contributed by atoms with E-state index in [-0.39, 0.29) is 30.3 Å². The molecule has 2 aliphatic heterocycles. The molecule has 7 heteroatoms. The van der Waals surface area contributed by atoms with Gasteiger partial charge in [-0.3, -0.25) is 4.79 Å². The highest BCUT2D eigenvalue weighted by Crippen LogP contribution is 2.31. The highest BCUT2D eigenvalue weighted by Gasteiger charge is 2.34. The minimum absolute atomic E-state index is 0. The van der Waals surface area contributed by atoms with Crippen LogP contribution < -0.4 is 5.32 Å². The Morgan fingerprint density at radius 1 is 1.41 bits per heavy atom. The summed E-state index contributed by atoms with van der Waals surface area (Å²) < 4.78 is 5.29. The molecule has 2 saturated heterocycles. The Hall–Kier alpha value is -1.14. The van der Waals surface area contributed by atoms with Crippen LogP contribution in [0.2, 0.25) is 0 Å². The summed E-state index contributed by atoms with van der Waals surface area (Å²) in [6, 6.07) is 0.338. The van der Waals surface area contributed by atoms with Gasteiger partial charge >= 0.3 is 0 Å². The Balaban J connectivity index is 0.00000176. The van der Waals surface area contributed by atoms with E-state index in [1.807, 2.05) is 18.7 Å². The van der Waals surface area contributed by atoms with Gasteiger partial charge in [0.2, 0.25) is 11.8 Å². The molecule has 1 amide bonds. The Kier molecular flexibility index (Phi) is 5.81. The molecular weight excluding hydrogens is 304 g/mol. The Labute approximate surface area is 137 Å². The van der Waals surface area contributed by atoms with Crippen molar-refractivity contribution in [1.29, 1.82) is 0 Å². The molecule has 22 heavy (non-hydrogen) atoms. The van der Waals surface area contributed by atoms with Gasteiger partial charge < -0.3 is 14.7 Å². The third kappa shape index (κ3) is 3.60. The SMILES string of the molecule is CC(C)c1nc(C2CCCN2C(=O)CC2CCCN2)no1.Cl. The van der Waals surface area contributed by atoms with E-state index < -0.39 is 0 Å². The molecule has 0 spiro atoms. The van der Waals surface area contributed by atoms with E-state index in [0.717, 1.165) is 32.4 Å². The van der Waals surface area contributed by atoms with E-state index in [4.69, 9.17) is 4.52 Å². The molecule has 3 rings (SSSR count). The first-order chi connectivity index (χ1) is 10.1. The largest absolute Gasteiger partial charge is 0.339 e. The first-order valence-electron chi connectivity index (χ1n) is 8.01. The van der Waals surface area contributed by atoms with Crippen molar-refractivity contribution in [2.75, 3.05) is 13.1 Å². The van der Waals surface area contributed by atoms with E-state index in [2.05, 4.69) is 15.5 Å². The normalized spacial score (nSPS) is 24.8. The van der Waals surface area contributed by atoms with Gasteiger partial charge in [0.25, 0.3) is 0 Å². The van der Waals surface area contributed by atoms with Gasteiger partial charge in [-0.2, -0.15) is 4.98 Å². The lowest BCUT2D eigenvalue weighted by Gasteiger charge is -2.23. The average molecular weight is 329 g/mol. The molecule has 2 fully saturated rings. The lowest BCUT2D eigenvalue weighted by atomic mass is 10.1. The van der Waals surface area contributed by atoms with Crippen molar-refractivity contribution in [3.05, 3.63) is 11.7 Å². The number of nitrogens with zero attached hydrogens (tertiary/aromatic N) is 3. The Morgan fingerprint density at radius 2 is 2.23 bits per heavy atom. The molecule has 0 saturated carbocycles. The minimum Gasteiger partial charge on any atom is -0.339 e. The molecule has 1 aromatic rings. The second-order valence-electron chi connectivity index (χ2n) is 6.39. The molecule has 0 bridgehead atoms. The third-order valence-corrected chi connectivity index (χ3v) is 4.41. The molecule has 1 aromatic heterocycles. The summed E-state index contributed by atoms with van der Waals surface area (Å²) in [5.74, 6) is 1.76. The summed E-state index contributed by atoms with van der Waals surface area (Å²) in [4.78, 5) is 18.9. The predicted molar refractivity (Wildman–Crippen MR) is 85.0 cm³/mol. The number of amides is 1. The summed E-state index contributed by atoms with van der Waals surface area (Å²) in [5, 5.41) is 7.48. The third-order valence-electron chi connectivity index (χ3n) is 4.41.